The summed E-state index contributed by atoms with van der Waals surface area (Å²) < 4.78 is 5.44. The van der Waals surface area contributed by atoms with Crippen molar-refractivity contribution in [2.24, 2.45) is 5.92 Å². The maximum absolute atomic E-state index is 12.6. The Morgan fingerprint density at radius 1 is 1.20 bits per heavy atom. The van der Waals surface area contributed by atoms with Gasteiger partial charge in [-0.3, -0.25) is 9.78 Å². The van der Waals surface area contributed by atoms with Gasteiger partial charge in [0.2, 0.25) is 0 Å². The van der Waals surface area contributed by atoms with Crippen LogP contribution in [0.3, 0.4) is 0 Å². The number of aryl methyl sites for hydroxylation is 1. The number of amides is 1. The number of carbonyl (C=O) groups is 2. The van der Waals surface area contributed by atoms with Crippen molar-refractivity contribution in [3.63, 3.8) is 0 Å². The van der Waals surface area contributed by atoms with Crippen LogP contribution < -0.4 is 0 Å². The Kier molecular flexibility index (Phi) is 5.43. The quantitative estimate of drug-likeness (QED) is 0.804. The van der Waals surface area contributed by atoms with E-state index < -0.39 is 0 Å². The Balaban J connectivity index is 1.55. The van der Waals surface area contributed by atoms with E-state index in [1.165, 1.54) is 6.20 Å². The topological polar surface area (TPSA) is 59.5 Å². The summed E-state index contributed by atoms with van der Waals surface area (Å²) in [6.45, 7) is 3.58. The predicted octanol–water partition coefficient (Wildman–Crippen LogP) is 3.10. The lowest BCUT2D eigenvalue weighted by atomic mass is 9.98. The van der Waals surface area contributed by atoms with Crippen LogP contribution in [0, 0.1) is 12.8 Å². The zero-order valence-corrected chi connectivity index (χ0v) is 14.4. The highest BCUT2D eigenvalue weighted by Gasteiger charge is 2.25. The van der Waals surface area contributed by atoms with Gasteiger partial charge in [-0.2, -0.15) is 0 Å². The molecular formula is C20H22N2O3. The lowest BCUT2D eigenvalue weighted by molar-refractivity contribution is 0.0342. The minimum atomic E-state index is -0.359. The number of esters is 1. The Labute approximate surface area is 147 Å². The third kappa shape index (κ3) is 4.44. The van der Waals surface area contributed by atoms with Gasteiger partial charge in [0.1, 0.15) is 0 Å². The molecule has 2 heterocycles. The van der Waals surface area contributed by atoms with Crippen molar-refractivity contribution in [2.45, 2.75) is 19.8 Å². The van der Waals surface area contributed by atoms with Crippen LogP contribution >= 0.6 is 0 Å². The van der Waals surface area contributed by atoms with E-state index in [-0.39, 0.29) is 17.8 Å². The number of rotatable bonds is 4. The number of piperidine rings is 1. The van der Waals surface area contributed by atoms with Crippen LogP contribution in [0.4, 0.5) is 0 Å². The number of hydrogen-bond acceptors (Lipinski definition) is 4. The molecule has 0 spiro atoms. The Bertz CT molecular complexity index is 746. The third-order valence-electron chi connectivity index (χ3n) is 4.39. The molecule has 0 saturated carbocycles. The fourth-order valence-corrected chi connectivity index (χ4v) is 3.09. The van der Waals surface area contributed by atoms with E-state index in [0.29, 0.717) is 24.3 Å². The summed E-state index contributed by atoms with van der Waals surface area (Å²) in [5.41, 5.74) is 2.09. The highest BCUT2D eigenvalue weighted by atomic mass is 16.5. The molecule has 0 N–H and O–H groups in total. The zero-order valence-electron chi connectivity index (χ0n) is 14.4. The Hall–Kier alpha value is -2.69. The highest BCUT2D eigenvalue weighted by Crippen LogP contribution is 2.19. The number of likely N-dealkylation sites (tertiary alicyclic amines) is 1. The van der Waals surface area contributed by atoms with E-state index in [0.717, 1.165) is 24.9 Å². The van der Waals surface area contributed by atoms with Crippen molar-refractivity contribution < 1.29 is 14.3 Å². The van der Waals surface area contributed by atoms with E-state index in [1.54, 1.807) is 12.3 Å². The molecule has 1 aromatic heterocycles. The first-order valence-electron chi connectivity index (χ1n) is 8.56. The van der Waals surface area contributed by atoms with Crippen molar-refractivity contribution >= 4 is 11.9 Å². The van der Waals surface area contributed by atoms with Crippen molar-refractivity contribution in [3.8, 4) is 0 Å². The molecule has 1 saturated heterocycles. The molecule has 1 aliphatic rings. The molecule has 1 amide bonds. The number of pyridine rings is 1. The molecule has 25 heavy (non-hydrogen) atoms. The minimum absolute atomic E-state index is 0.0412. The van der Waals surface area contributed by atoms with E-state index in [9.17, 15) is 9.59 Å². The van der Waals surface area contributed by atoms with Crippen LogP contribution in [0.15, 0.2) is 48.8 Å². The highest BCUT2D eigenvalue weighted by molar-refractivity contribution is 5.94. The third-order valence-corrected chi connectivity index (χ3v) is 4.39. The molecule has 1 aromatic carbocycles. The SMILES string of the molecule is Cc1cncc(C(=O)OC[C@H]2CCCN(C(=O)c3ccccc3)C2)c1. The number of benzene rings is 1. The fourth-order valence-electron chi connectivity index (χ4n) is 3.09. The van der Waals surface area contributed by atoms with Gasteiger partial charge in [-0.15, -0.1) is 0 Å². The van der Waals surface area contributed by atoms with Gasteiger partial charge in [0.05, 0.1) is 12.2 Å². The molecule has 1 fully saturated rings. The van der Waals surface area contributed by atoms with Crippen molar-refractivity contribution in [2.75, 3.05) is 19.7 Å². The van der Waals surface area contributed by atoms with Gasteiger partial charge >= 0.3 is 5.97 Å². The summed E-state index contributed by atoms with van der Waals surface area (Å²) in [5, 5.41) is 0. The van der Waals surface area contributed by atoms with Crippen LogP contribution in [0.5, 0.6) is 0 Å². The van der Waals surface area contributed by atoms with Crippen molar-refractivity contribution in [1.29, 1.82) is 0 Å². The second-order valence-corrected chi connectivity index (χ2v) is 6.47. The number of hydrogen-bond donors (Lipinski definition) is 0. The van der Waals surface area contributed by atoms with Gasteiger partial charge in [-0.25, -0.2) is 4.79 Å². The lowest BCUT2D eigenvalue weighted by Crippen LogP contribution is -2.41. The molecule has 0 bridgehead atoms. The molecule has 0 aliphatic carbocycles. The molecule has 0 radical (unpaired) electrons. The number of ether oxygens (including phenoxy) is 1. The maximum Gasteiger partial charge on any atom is 0.339 e. The predicted molar refractivity (Wildman–Crippen MR) is 94.3 cm³/mol. The largest absolute Gasteiger partial charge is 0.462 e. The van der Waals surface area contributed by atoms with E-state index in [1.807, 2.05) is 42.2 Å². The van der Waals surface area contributed by atoms with Gasteiger partial charge in [-0.1, -0.05) is 18.2 Å². The summed E-state index contributed by atoms with van der Waals surface area (Å²) >= 11 is 0. The molecule has 130 valence electrons. The first-order valence-corrected chi connectivity index (χ1v) is 8.56. The average Bonchev–Trinajstić information content (AvgIpc) is 2.66. The summed E-state index contributed by atoms with van der Waals surface area (Å²) in [6, 6.07) is 11.1. The second kappa shape index (κ2) is 7.92. The van der Waals surface area contributed by atoms with Crippen LogP contribution in [0.1, 0.15) is 39.1 Å². The first-order chi connectivity index (χ1) is 12.1. The van der Waals surface area contributed by atoms with Crippen LogP contribution in [-0.4, -0.2) is 41.5 Å². The molecule has 0 unspecified atom stereocenters. The van der Waals surface area contributed by atoms with Crippen LogP contribution in [0.2, 0.25) is 0 Å². The first kappa shape index (κ1) is 17.1. The zero-order chi connectivity index (χ0) is 17.6. The molecule has 5 heteroatoms. The summed E-state index contributed by atoms with van der Waals surface area (Å²) in [6.07, 6.45) is 5.09. The molecular weight excluding hydrogens is 316 g/mol. The maximum atomic E-state index is 12.6. The summed E-state index contributed by atoms with van der Waals surface area (Å²) in [5.74, 6) is -0.148. The second-order valence-electron chi connectivity index (χ2n) is 6.47. The normalized spacial score (nSPS) is 17.2. The minimum Gasteiger partial charge on any atom is -0.462 e. The Morgan fingerprint density at radius 2 is 2.00 bits per heavy atom. The number of nitrogens with zero attached hydrogens (tertiary/aromatic N) is 2. The van der Waals surface area contributed by atoms with Gasteiger partial charge in [0.15, 0.2) is 0 Å². The van der Waals surface area contributed by atoms with Crippen LogP contribution in [0.25, 0.3) is 0 Å². The molecule has 1 atom stereocenters. The molecule has 1 aliphatic heterocycles. The summed E-state index contributed by atoms with van der Waals surface area (Å²) in [4.78, 5) is 30.6. The average molecular weight is 338 g/mol. The Morgan fingerprint density at radius 3 is 2.76 bits per heavy atom. The van der Waals surface area contributed by atoms with Gasteiger partial charge in [-0.05, 0) is 43.5 Å². The van der Waals surface area contributed by atoms with Crippen molar-refractivity contribution in [3.05, 3.63) is 65.5 Å². The fraction of sp³-hybridized carbons (Fsp3) is 0.350. The molecule has 2 aromatic rings. The standard InChI is InChI=1S/C20H22N2O3/c1-15-10-18(12-21-11-15)20(24)25-14-16-6-5-9-22(13-16)19(23)17-7-3-2-4-8-17/h2-4,7-8,10-12,16H,5-6,9,13-14H2,1H3/t16-/m0/s1. The van der Waals surface area contributed by atoms with E-state index >= 15 is 0 Å². The lowest BCUT2D eigenvalue weighted by Gasteiger charge is -2.32. The summed E-state index contributed by atoms with van der Waals surface area (Å²) in [7, 11) is 0. The smallest absolute Gasteiger partial charge is 0.339 e. The molecule has 3 rings (SSSR count). The van der Waals surface area contributed by atoms with E-state index in [4.69, 9.17) is 4.74 Å². The number of aromatic nitrogens is 1. The monoisotopic (exact) mass is 338 g/mol. The van der Waals surface area contributed by atoms with E-state index in [2.05, 4.69) is 4.98 Å². The van der Waals surface area contributed by atoms with Gasteiger partial charge in [0, 0.05) is 37.0 Å². The number of carbonyl (C=O) groups excluding carboxylic acids is 2. The van der Waals surface area contributed by atoms with Crippen LogP contribution in [-0.2, 0) is 4.74 Å². The van der Waals surface area contributed by atoms with Crippen molar-refractivity contribution in [1.82, 2.24) is 9.88 Å². The van der Waals surface area contributed by atoms with Gasteiger partial charge in [0.25, 0.3) is 5.91 Å². The van der Waals surface area contributed by atoms with Gasteiger partial charge < -0.3 is 9.64 Å². The molecule has 5 nitrogen and oxygen atoms in total.